The van der Waals surface area contributed by atoms with Gasteiger partial charge in [-0.2, -0.15) is 0 Å². The minimum atomic E-state index is -3.68. The first kappa shape index (κ1) is 16.9. The van der Waals surface area contributed by atoms with E-state index in [0.29, 0.717) is 5.56 Å². The quantitative estimate of drug-likeness (QED) is 0.639. The third kappa shape index (κ3) is 4.17. The van der Waals surface area contributed by atoms with Gasteiger partial charge in [-0.05, 0) is 31.4 Å². The van der Waals surface area contributed by atoms with Crippen LogP contribution in [0.3, 0.4) is 0 Å². The van der Waals surface area contributed by atoms with Crippen LogP contribution in [0.5, 0.6) is 0 Å². The second-order valence-corrected chi connectivity index (χ2v) is 6.44. The number of hydrogen-bond donors (Lipinski definition) is 3. The molecule has 1 aromatic rings. The van der Waals surface area contributed by atoms with Gasteiger partial charge in [0.05, 0.1) is 18.4 Å². The molecule has 0 aliphatic heterocycles. The highest BCUT2D eigenvalue weighted by Gasteiger charge is 2.21. The highest BCUT2D eigenvalue weighted by molar-refractivity contribution is 7.89. The Morgan fingerprint density at radius 3 is 2.55 bits per heavy atom. The lowest BCUT2D eigenvalue weighted by atomic mass is 10.1. The molecule has 0 aliphatic rings. The number of anilines is 1. The summed E-state index contributed by atoms with van der Waals surface area (Å²) in [7, 11) is -2.21. The molecule has 4 N–H and O–H groups in total. The van der Waals surface area contributed by atoms with Gasteiger partial charge in [0.1, 0.15) is 4.90 Å². The van der Waals surface area contributed by atoms with Gasteiger partial charge in [-0.25, -0.2) is 13.1 Å². The van der Waals surface area contributed by atoms with Crippen LogP contribution >= 0.6 is 0 Å². The number of hydrogen-bond acceptors (Lipinski definition) is 5. The van der Waals surface area contributed by atoms with Crippen LogP contribution in [0.1, 0.15) is 17.5 Å². The summed E-state index contributed by atoms with van der Waals surface area (Å²) in [6.45, 7) is 3.76. The Balaban J connectivity index is 2.83. The predicted molar refractivity (Wildman–Crippen MR) is 78.0 cm³/mol. The minimum absolute atomic E-state index is 0.110. The second kappa shape index (κ2) is 7.03. The molecule has 0 radical (unpaired) electrons. The van der Waals surface area contributed by atoms with Crippen LogP contribution in [0, 0.1) is 13.8 Å². The Hall–Kier alpha value is -1.15. The molecule has 0 saturated heterocycles. The fourth-order valence-corrected chi connectivity index (χ4v) is 3.34. The predicted octanol–water partition coefficient (Wildman–Crippen LogP) is 0.561. The lowest BCUT2D eigenvalue weighted by Gasteiger charge is -2.14. The number of methoxy groups -OCH3 is 1. The Kier molecular flexibility index (Phi) is 5.94. The molecule has 0 amide bonds. The molecule has 1 rings (SSSR count). The number of rotatable bonds is 7. The van der Waals surface area contributed by atoms with E-state index >= 15 is 0 Å². The highest BCUT2D eigenvalue weighted by Crippen LogP contribution is 2.25. The molecule has 7 heteroatoms. The normalized spacial score (nSPS) is 13.4. The number of nitrogens with two attached hydrogens (primary N) is 1. The SMILES string of the molecule is COCC(O)CCNS(=O)(=O)c1c(C)ccc(C)c1N. The molecular weight excluding hydrogens is 280 g/mol. The van der Waals surface area contributed by atoms with Gasteiger partial charge in [-0.15, -0.1) is 0 Å². The first-order valence-corrected chi connectivity index (χ1v) is 7.80. The molecule has 0 heterocycles. The summed E-state index contributed by atoms with van der Waals surface area (Å²) >= 11 is 0. The van der Waals surface area contributed by atoms with Crippen molar-refractivity contribution in [1.82, 2.24) is 4.72 Å². The van der Waals surface area contributed by atoms with Crippen LogP contribution in [0.15, 0.2) is 17.0 Å². The fourth-order valence-electron chi connectivity index (χ4n) is 1.87. The zero-order valence-electron chi connectivity index (χ0n) is 12.0. The van der Waals surface area contributed by atoms with Crippen LogP contribution in [0.2, 0.25) is 0 Å². The minimum Gasteiger partial charge on any atom is -0.397 e. The number of nitrogens with one attached hydrogen (secondary N) is 1. The van der Waals surface area contributed by atoms with Gasteiger partial charge in [0.15, 0.2) is 0 Å². The van der Waals surface area contributed by atoms with Crippen molar-refractivity contribution in [3.05, 3.63) is 23.3 Å². The van der Waals surface area contributed by atoms with Gasteiger partial charge in [0.2, 0.25) is 10.0 Å². The lowest BCUT2D eigenvalue weighted by molar-refractivity contribution is 0.0603. The molecule has 0 spiro atoms. The molecule has 1 aromatic carbocycles. The molecule has 0 aliphatic carbocycles. The maximum Gasteiger partial charge on any atom is 0.242 e. The molecule has 114 valence electrons. The van der Waals surface area contributed by atoms with Crippen LogP contribution in [-0.4, -0.2) is 39.9 Å². The number of sulfonamides is 1. The van der Waals surface area contributed by atoms with Gasteiger partial charge >= 0.3 is 0 Å². The van der Waals surface area contributed by atoms with Gasteiger partial charge < -0.3 is 15.6 Å². The molecule has 0 aromatic heterocycles. The fraction of sp³-hybridized carbons (Fsp3) is 0.538. The molecule has 0 fully saturated rings. The zero-order valence-corrected chi connectivity index (χ0v) is 12.8. The summed E-state index contributed by atoms with van der Waals surface area (Å²) in [5.41, 5.74) is 7.43. The van der Waals surface area contributed by atoms with Crippen LogP contribution in [0.25, 0.3) is 0 Å². The number of aliphatic hydroxyl groups excluding tert-OH is 1. The average molecular weight is 302 g/mol. The Morgan fingerprint density at radius 2 is 1.95 bits per heavy atom. The molecule has 6 nitrogen and oxygen atoms in total. The van der Waals surface area contributed by atoms with Crippen LogP contribution in [-0.2, 0) is 14.8 Å². The molecule has 0 bridgehead atoms. The molecular formula is C13H22N2O4S. The molecule has 1 unspecified atom stereocenters. The lowest BCUT2D eigenvalue weighted by Crippen LogP contribution is -2.29. The second-order valence-electron chi connectivity index (χ2n) is 4.74. The van der Waals surface area contributed by atoms with E-state index in [2.05, 4.69) is 4.72 Å². The van der Waals surface area contributed by atoms with Crippen molar-refractivity contribution < 1.29 is 18.3 Å². The monoisotopic (exact) mass is 302 g/mol. The summed E-state index contributed by atoms with van der Waals surface area (Å²) in [6.07, 6.45) is -0.420. The first-order valence-electron chi connectivity index (χ1n) is 6.32. The summed E-state index contributed by atoms with van der Waals surface area (Å²) in [5.74, 6) is 0. The Labute approximate surface area is 120 Å². The van der Waals surface area contributed by atoms with Gasteiger partial charge in [-0.3, -0.25) is 0 Å². The zero-order chi connectivity index (χ0) is 15.3. The molecule has 1 atom stereocenters. The van der Waals surface area contributed by atoms with Crippen molar-refractivity contribution in [2.75, 3.05) is 26.0 Å². The van der Waals surface area contributed by atoms with Crippen molar-refractivity contribution in [3.63, 3.8) is 0 Å². The smallest absolute Gasteiger partial charge is 0.242 e. The third-order valence-corrected chi connectivity index (χ3v) is 4.67. The van der Waals surface area contributed by atoms with Crippen molar-refractivity contribution in [2.24, 2.45) is 0 Å². The van der Waals surface area contributed by atoms with E-state index in [0.717, 1.165) is 5.56 Å². The van der Waals surface area contributed by atoms with Crippen LogP contribution < -0.4 is 10.5 Å². The highest BCUT2D eigenvalue weighted by atomic mass is 32.2. The summed E-state index contributed by atoms with van der Waals surface area (Å²) in [6, 6.07) is 3.51. The van der Waals surface area contributed by atoms with E-state index in [4.69, 9.17) is 10.5 Å². The average Bonchev–Trinajstić information content (AvgIpc) is 2.34. The van der Waals surface area contributed by atoms with E-state index in [1.807, 2.05) is 0 Å². The van der Waals surface area contributed by atoms with E-state index in [9.17, 15) is 13.5 Å². The maximum atomic E-state index is 12.3. The molecule has 0 saturated carbocycles. The topological polar surface area (TPSA) is 102 Å². The summed E-state index contributed by atoms with van der Waals surface area (Å²) in [5, 5.41) is 9.49. The van der Waals surface area contributed by atoms with E-state index in [1.165, 1.54) is 7.11 Å². The number of aliphatic hydroxyl groups is 1. The summed E-state index contributed by atoms with van der Waals surface area (Å²) < 4.78 is 31.8. The largest absolute Gasteiger partial charge is 0.397 e. The third-order valence-electron chi connectivity index (χ3n) is 3.01. The van der Waals surface area contributed by atoms with Crippen molar-refractivity contribution in [3.8, 4) is 0 Å². The van der Waals surface area contributed by atoms with E-state index in [-0.39, 0.29) is 30.2 Å². The van der Waals surface area contributed by atoms with Crippen LogP contribution in [0.4, 0.5) is 5.69 Å². The van der Waals surface area contributed by atoms with Crippen molar-refractivity contribution in [2.45, 2.75) is 31.3 Å². The first-order chi connectivity index (χ1) is 9.29. The van der Waals surface area contributed by atoms with Crippen molar-refractivity contribution in [1.29, 1.82) is 0 Å². The maximum absolute atomic E-state index is 12.3. The molecule has 20 heavy (non-hydrogen) atoms. The summed E-state index contributed by atoms with van der Waals surface area (Å²) in [4.78, 5) is 0.110. The van der Waals surface area contributed by atoms with Gasteiger partial charge in [0, 0.05) is 13.7 Å². The van der Waals surface area contributed by atoms with E-state index < -0.39 is 16.1 Å². The Bertz CT molecular complexity index is 558. The number of aryl methyl sites for hydroxylation is 2. The Morgan fingerprint density at radius 1 is 1.35 bits per heavy atom. The van der Waals surface area contributed by atoms with E-state index in [1.54, 1.807) is 26.0 Å². The van der Waals surface area contributed by atoms with Gasteiger partial charge in [0.25, 0.3) is 0 Å². The number of nitrogen functional groups attached to an aromatic ring is 1. The van der Waals surface area contributed by atoms with Crippen molar-refractivity contribution >= 4 is 15.7 Å². The number of ether oxygens (including phenoxy) is 1. The van der Waals surface area contributed by atoms with Gasteiger partial charge in [-0.1, -0.05) is 12.1 Å². The standard InChI is InChI=1S/C13H22N2O4S/c1-9-4-5-10(2)13(12(9)14)20(17,18)15-7-6-11(16)8-19-3/h4-5,11,15-16H,6-8,14H2,1-3H3. The number of benzene rings is 1.